The zero-order valence-corrected chi connectivity index (χ0v) is 15.2. The lowest BCUT2D eigenvalue weighted by Gasteiger charge is -2.16. The summed E-state index contributed by atoms with van der Waals surface area (Å²) in [5, 5.41) is 0.921. The molecule has 0 spiro atoms. The van der Waals surface area contributed by atoms with Gasteiger partial charge in [-0.1, -0.05) is 36.9 Å². The van der Waals surface area contributed by atoms with Crippen LogP contribution in [0, 0.1) is 0 Å². The first-order valence-electron chi connectivity index (χ1n) is 7.54. The average Bonchev–Trinajstić information content (AvgIpc) is 2.97. The second-order valence-electron chi connectivity index (χ2n) is 5.29. The lowest BCUT2D eigenvalue weighted by molar-refractivity contribution is 1.06. The summed E-state index contributed by atoms with van der Waals surface area (Å²) in [7, 11) is 4.14. The number of aromatic amines is 1. The smallest absolute Gasteiger partial charge is 0.179 e. The maximum Gasteiger partial charge on any atom is 0.179 e. The zero-order chi connectivity index (χ0) is 16.2. The Kier molecular flexibility index (Phi) is 5.13. The van der Waals surface area contributed by atoms with Gasteiger partial charge in [-0.25, -0.2) is 9.97 Å². The average molecular weight is 345 g/mol. The van der Waals surface area contributed by atoms with E-state index >= 15 is 0 Å². The fraction of sp³-hybridized carbons (Fsp3) is 0.294. The largest absolute Gasteiger partial charge is 0.377 e. The highest BCUT2D eigenvalue weighted by Gasteiger charge is 2.10. The minimum atomic E-state index is 0.798. The van der Waals surface area contributed by atoms with Crippen molar-refractivity contribution in [2.45, 2.75) is 22.7 Å². The van der Waals surface area contributed by atoms with Gasteiger partial charge in [-0.2, -0.15) is 0 Å². The number of anilines is 1. The van der Waals surface area contributed by atoms with E-state index in [-0.39, 0.29) is 0 Å². The molecule has 6 heteroatoms. The summed E-state index contributed by atoms with van der Waals surface area (Å²) in [4.78, 5) is 15.8. The van der Waals surface area contributed by atoms with Gasteiger partial charge in [0.15, 0.2) is 10.8 Å². The van der Waals surface area contributed by atoms with Gasteiger partial charge in [-0.3, -0.25) is 0 Å². The van der Waals surface area contributed by atoms with Gasteiger partial charge in [0.05, 0.1) is 5.52 Å². The van der Waals surface area contributed by atoms with E-state index in [9.17, 15) is 0 Å². The van der Waals surface area contributed by atoms with Crippen LogP contribution in [0.3, 0.4) is 0 Å². The lowest BCUT2D eigenvalue weighted by atomic mass is 10.2. The van der Waals surface area contributed by atoms with Gasteiger partial charge in [0, 0.05) is 36.6 Å². The predicted molar refractivity (Wildman–Crippen MR) is 101 cm³/mol. The molecule has 3 aromatic rings. The number of benzene rings is 1. The Balaban J connectivity index is 1.81. The summed E-state index contributed by atoms with van der Waals surface area (Å²) in [6, 6.07) is 10.5. The number of fused-ring (bicyclic) bond motifs is 1. The first kappa shape index (κ1) is 16.2. The van der Waals surface area contributed by atoms with Crippen molar-refractivity contribution in [1.82, 2.24) is 15.0 Å². The molecule has 0 aliphatic carbocycles. The van der Waals surface area contributed by atoms with Crippen molar-refractivity contribution in [3.63, 3.8) is 0 Å². The van der Waals surface area contributed by atoms with Gasteiger partial charge in [0.1, 0.15) is 0 Å². The molecule has 120 valence electrons. The van der Waals surface area contributed by atoms with E-state index in [2.05, 4.69) is 65.1 Å². The standard InChI is InChI=1S/C17H20N4S2/c1-4-22-14-9-10-18-16-15(14)19-17(20-16)23-11-12-7-5-6-8-13(12)21(2)3/h5-10H,4,11H2,1-3H3,(H,18,19,20). The molecule has 0 saturated heterocycles. The Bertz CT molecular complexity index is 798. The van der Waals surface area contributed by atoms with E-state index in [1.807, 2.05) is 24.0 Å². The second-order valence-corrected chi connectivity index (χ2v) is 7.56. The van der Waals surface area contributed by atoms with Gasteiger partial charge in [0.25, 0.3) is 0 Å². The highest BCUT2D eigenvalue weighted by molar-refractivity contribution is 7.99. The molecule has 4 nitrogen and oxygen atoms in total. The topological polar surface area (TPSA) is 44.8 Å². The zero-order valence-electron chi connectivity index (χ0n) is 13.5. The van der Waals surface area contributed by atoms with Crippen LogP contribution in [0.2, 0.25) is 0 Å². The number of aromatic nitrogens is 3. The maximum absolute atomic E-state index is 4.61. The number of nitrogens with zero attached hydrogens (tertiary/aromatic N) is 3. The first-order chi connectivity index (χ1) is 11.2. The van der Waals surface area contributed by atoms with Crippen LogP contribution >= 0.6 is 23.5 Å². The second kappa shape index (κ2) is 7.27. The number of nitrogens with one attached hydrogen (secondary N) is 1. The quantitative estimate of drug-likeness (QED) is 0.670. The SMILES string of the molecule is CCSc1ccnc2nc(SCc3ccccc3N(C)C)[nH]c12. The Labute approximate surface area is 145 Å². The third-order valence-electron chi connectivity index (χ3n) is 3.47. The molecule has 2 aromatic heterocycles. The number of H-pyrrole nitrogens is 1. The molecule has 0 saturated carbocycles. The fourth-order valence-corrected chi connectivity index (χ4v) is 4.04. The van der Waals surface area contributed by atoms with Crippen molar-refractivity contribution in [3.05, 3.63) is 42.1 Å². The van der Waals surface area contributed by atoms with Gasteiger partial charge in [-0.15, -0.1) is 11.8 Å². The van der Waals surface area contributed by atoms with E-state index in [0.717, 1.165) is 27.8 Å². The molecule has 0 aliphatic heterocycles. The molecular formula is C17H20N4S2. The monoisotopic (exact) mass is 344 g/mol. The number of thioether (sulfide) groups is 2. The molecular weight excluding hydrogens is 324 g/mol. The Morgan fingerprint density at radius 1 is 1.13 bits per heavy atom. The summed E-state index contributed by atoms with van der Waals surface area (Å²) < 4.78 is 0. The Hall–Kier alpha value is -1.66. The summed E-state index contributed by atoms with van der Waals surface area (Å²) in [6.45, 7) is 2.15. The normalized spacial score (nSPS) is 11.1. The van der Waals surface area contributed by atoms with Gasteiger partial charge >= 0.3 is 0 Å². The minimum absolute atomic E-state index is 0.798. The summed E-state index contributed by atoms with van der Waals surface area (Å²) in [6.07, 6.45) is 1.83. The molecule has 0 atom stereocenters. The van der Waals surface area contributed by atoms with Crippen LogP contribution in [-0.4, -0.2) is 34.8 Å². The molecule has 0 bridgehead atoms. The van der Waals surface area contributed by atoms with Crippen molar-refractivity contribution in [3.8, 4) is 0 Å². The van der Waals surface area contributed by atoms with E-state index in [0.29, 0.717) is 0 Å². The molecule has 1 aromatic carbocycles. The van der Waals surface area contributed by atoms with Crippen molar-refractivity contribution in [2.75, 3.05) is 24.7 Å². The maximum atomic E-state index is 4.61. The number of hydrogen-bond acceptors (Lipinski definition) is 5. The van der Waals surface area contributed by atoms with Crippen LogP contribution in [0.15, 0.2) is 46.6 Å². The Morgan fingerprint density at radius 2 is 1.96 bits per heavy atom. The van der Waals surface area contributed by atoms with Crippen LogP contribution in [0.5, 0.6) is 0 Å². The number of para-hydroxylation sites is 1. The van der Waals surface area contributed by atoms with Crippen molar-refractivity contribution in [1.29, 1.82) is 0 Å². The Morgan fingerprint density at radius 3 is 2.74 bits per heavy atom. The molecule has 0 radical (unpaired) electrons. The third-order valence-corrected chi connectivity index (χ3v) is 5.33. The predicted octanol–water partition coefficient (Wildman–Crippen LogP) is 4.43. The fourth-order valence-electron chi connectivity index (χ4n) is 2.43. The van der Waals surface area contributed by atoms with Crippen LogP contribution in [0.4, 0.5) is 5.69 Å². The van der Waals surface area contributed by atoms with Crippen molar-refractivity contribution in [2.24, 2.45) is 0 Å². The van der Waals surface area contributed by atoms with E-state index in [1.54, 1.807) is 11.8 Å². The molecule has 0 fully saturated rings. The number of rotatable bonds is 6. The third kappa shape index (κ3) is 3.64. The lowest BCUT2D eigenvalue weighted by Crippen LogP contribution is -2.10. The van der Waals surface area contributed by atoms with E-state index in [1.165, 1.54) is 16.1 Å². The van der Waals surface area contributed by atoms with Crippen LogP contribution in [0.1, 0.15) is 12.5 Å². The molecule has 0 unspecified atom stereocenters. The van der Waals surface area contributed by atoms with Crippen molar-refractivity contribution >= 4 is 40.4 Å². The molecule has 23 heavy (non-hydrogen) atoms. The first-order valence-corrected chi connectivity index (χ1v) is 9.51. The highest BCUT2D eigenvalue weighted by Crippen LogP contribution is 2.30. The van der Waals surface area contributed by atoms with E-state index < -0.39 is 0 Å². The minimum Gasteiger partial charge on any atom is -0.377 e. The number of imidazole rings is 1. The van der Waals surface area contributed by atoms with Crippen molar-refractivity contribution < 1.29 is 0 Å². The molecule has 3 rings (SSSR count). The molecule has 2 heterocycles. The van der Waals surface area contributed by atoms with Gasteiger partial charge in [-0.05, 0) is 23.4 Å². The summed E-state index contributed by atoms with van der Waals surface area (Å²) >= 11 is 3.53. The van der Waals surface area contributed by atoms with Gasteiger partial charge in [0.2, 0.25) is 0 Å². The molecule has 0 aliphatic rings. The highest BCUT2D eigenvalue weighted by atomic mass is 32.2. The van der Waals surface area contributed by atoms with Crippen LogP contribution in [0.25, 0.3) is 11.2 Å². The summed E-state index contributed by atoms with van der Waals surface area (Å²) in [5.74, 6) is 1.92. The van der Waals surface area contributed by atoms with Crippen LogP contribution in [-0.2, 0) is 5.75 Å². The number of hydrogen-bond donors (Lipinski definition) is 1. The molecule has 0 amide bonds. The molecule has 1 N–H and O–H groups in total. The van der Waals surface area contributed by atoms with Gasteiger partial charge < -0.3 is 9.88 Å². The van der Waals surface area contributed by atoms with E-state index in [4.69, 9.17) is 0 Å². The van der Waals surface area contributed by atoms with Crippen LogP contribution < -0.4 is 4.90 Å². The summed E-state index contributed by atoms with van der Waals surface area (Å²) in [5.41, 5.74) is 4.39. The number of pyridine rings is 1.